The standard InChI is InChI=1S/C11H12ClN3/c1-9(6-15-8-13-7-14-15)10-2-4-11(12)5-3-10/h2-5,7-9H,6H2,1H3. The molecule has 0 aliphatic heterocycles. The van der Waals surface area contributed by atoms with Gasteiger partial charge in [0.25, 0.3) is 0 Å². The van der Waals surface area contributed by atoms with Gasteiger partial charge in [0.1, 0.15) is 12.7 Å². The lowest BCUT2D eigenvalue weighted by atomic mass is 10.0. The molecule has 0 saturated carbocycles. The first kappa shape index (κ1) is 10.2. The van der Waals surface area contributed by atoms with Crippen molar-refractivity contribution in [1.82, 2.24) is 14.8 Å². The predicted octanol–water partition coefficient (Wildman–Crippen LogP) is 2.74. The molecule has 1 unspecified atom stereocenters. The summed E-state index contributed by atoms with van der Waals surface area (Å²) in [5.41, 5.74) is 1.26. The third kappa shape index (κ3) is 2.57. The number of hydrogen-bond acceptors (Lipinski definition) is 2. The van der Waals surface area contributed by atoms with Crippen LogP contribution in [-0.2, 0) is 6.54 Å². The fourth-order valence-corrected chi connectivity index (χ4v) is 1.63. The Morgan fingerprint density at radius 3 is 2.67 bits per heavy atom. The van der Waals surface area contributed by atoms with E-state index in [4.69, 9.17) is 11.6 Å². The monoisotopic (exact) mass is 221 g/mol. The van der Waals surface area contributed by atoms with E-state index in [2.05, 4.69) is 17.0 Å². The van der Waals surface area contributed by atoms with Crippen LogP contribution in [-0.4, -0.2) is 14.8 Å². The van der Waals surface area contributed by atoms with Crippen LogP contribution in [0.2, 0.25) is 5.02 Å². The summed E-state index contributed by atoms with van der Waals surface area (Å²) in [6.07, 6.45) is 3.28. The molecule has 1 atom stereocenters. The molecule has 0 bridgehead atoms. The van der Waals surface area contributed by atoms with E-state index in [1.54, 1.807) is 12.7 Å². The van der Waals surface area contributed by atoms with Gasteiger partial charge < -0.3 is 0 Å². The van der Waals surface area contributed by atoms with Crippen LogP contribution in [0.3, 0.4) is 0 Å². The van der Waals surface area contributed by atoms with Crippen molar-refractivity contribution in [3.8, 4) is 0 Å². The summed E-state index contributed by atoms with van der Waals surface area (Å²) >= 11 is 5.83. The van der Waals surface area contributed by atoms with Gasteiger partial charge in [-0.1, -0.05) is 30.7 Å². The zero-order valence-electron chi connectivity index (χ0n) is 8.47. The summed E-state index contributed by atoms with van der Waals surface area (Å²) in [5.74, 6) is 0.406. The van der Waals surface area contributed by atoms with E-state index in [1.165, 1.54) is 5.56 Å². The van der Waals surface area contributed by atoms with Crippen LogP contribution in [0, 0.1) is 0 Å². The highest BCUT2D eigenvalue weighted by molar-refractivity contribution is 6.30. The lowest BCUT2D eigenvalue weighted by molar-refractivity contribution is 0.542. The minimum atomic E-state index is 0.406. The molecule has 0 amide bonds. The predicted molar refractivity (Wildman–Crippen MR) is 59.9 cm³/mol. The number of rotatable bonds is 3. The van der Waals surface area contributed by atoms with Gasteiger partial charge in [-0.15, -0.1) is 0 Å². The van der Waals surface area contributed by atoms with Crippen molar-refractivity contribution in [3.63, 3.8) is 0 Å². The molecular weight excluding hydrogens is 210 g/mol. The molecule has 1 aromatic heterocycles. The molecule has 0 fully saturated rings. The Hall–Kier alpha value is -1.35. The van der Waals surface area contributed by atoms with Crippen molar-refractivity contribution >= 4 is 11.6 Å². The fourth-order valence-electron chi connectivity index (χ4n) is 1.50. The molecule has 0 saturated heterocycles. The molecule has 0 N–H and O–H groups in total. The average Bonchev–Trinajstić information content (AvgIpc) is 2.71. The van der Waals surface area contributed by atoms with Gasteiger partial charge >= 0.3 is 0 Å². The normalized spacial score (nSPS) is 12.7. The van der Waals surface area contributed by atoms with E-state index in [0.717, 1.165) is 11.6 Å². The smallest absolute Gasteiger partial charge is 0.137 e. The minimum Gasteiger partial charge on any atom is -0.252 e. The molecule has 2 aromatic rings. The van der Waals surface area contributed by atoms with Crippen LogP contribution in [0.4, 0.5) is 0 Å². The van der Waals surface area contributed by atoms with E-state index < -0.39 is 0 Å². The highest BCUT2D eigenvalue weighted by Crippen LogP contribution is 2.19. The minimum absolute atomic E-state index is 0.406. The summed E-state index contributed by atoms with van der Waals surface area (Å²) < 4.78 is 1.83. The van der Waals surface area contributed by atoms with Crippen molar-refractivity contribution in [2.45, 2.75) is 19.4 Å². The molecule has 3 nitrogen and oxygen atoms in total. The Labute approximate surface area is 93.7 Å². The van der Waals surface area contributed by atoms with Crippen LogP contribution in [0.1, 0.15) is 18.4 Å². The number of halogens is 1. The lowest BCUT2D eigenvalue weighted by Crippen LogP contribution is -2.06. The van der Waals surface area contributed by atoms with Crippen molar-refractivity contribution in [1.29, 1.82) is 0 Å². The van der Waals surface area contributed by atoms with E-state index in [9.17, 15) is 0 Å². The number of aromatic nitrogens is 3. The first-order valence-electron chi connectivity index (χ1n) is 4.83. The average molecular weight is 222 g/mol. The number of benzene rings is 1. The van der Waals surface area contributed by atoms with Crippen molar-refractivity contribution in [2.75, 3.05) is 0 Å². The van der Waals surface area contributed by atoms with Gasteiger partial charge in [-0.2, -0.15) is 5.10 Å². The third-order valence-electron chi connectivity index (χ3n) is 2.37. The number of nitrogens with zero attached hydrogens (tertiary/aromatic N) is 3. The molecule has 2 rings (SSSR count). The zero-order valence-corrected chi connectivity index (χ0v) is 9.22. The zero-order chi connectivity index (χ0) is 10.7. The Kier molecular flexibility index (Phi) is 3.02. The third-order valence-corrected chi connectivity index (χ3v) is 2.62. The summed E-state index contributed by atoms with van der Waals surface area (Å²) in [7, 11) is 0. The first-order chi connectivity index (χ1) is 7.25. The lowest BCUT2D eigenvalue weighted by Gasteiger charge is -2.11. The van der Waals surface area contributed by atoms with Crippen LogP contribution >= 0.6 is 11.6 Å². The van der Waals surface area contributed by atoms with Crippen molar-refractivity contribution in [3.05, 3.63) is 47.5 Å². The van der Waals surface area contributed by atoms with E-state index in [0.29, 0.717) is 5.92 Å². The van der Waals surface area contributed by atoms with Gasteiger partial charge in [0, 0.05) is 17.5 Å². The van der Waals surface area contributed by atoms with Crippen LogP contribution in [0.5, 0.6) is 0 Å². The van der Waals surface area contributed by atoms with Gasteiger partial charge in [0.2, 0.25) is 0 Å². The van der Waals surface area contributed by atoms with Gasteiger partial charge in [-0.3, -0.25) is 4.68 Å². The van der Waals surface area contributed by atoms with Crippen molar-refractivity contribution in [2.24, 2.45) is 0 Å². The van der Waals surface area contributed by atoms with E-state index in [1.807, 2.05) is 28.9 Å². The second-order valence-electron chi connectivity index (χ2n) is 3.57. The Morgan fingerprint density at radius 2 is 2.07 bits per heavy atom. The molecule has 0 radical (unpaired) electrons. The molecule has 0 aliphatic carbocycles. The molecule has 1 aromatic carbocycles. The summed E-state index contributed by atoms with van der Waals surface area (Å²) in [6.45, 7) is 2.99. The molecule has 15 heavy (non-hydrogen) atoms. The molecule has 78 valence electrons. The molecule has 0 spiro atoms. The Morgan fingerprint density at radius 1 is 1.33 bits per heavy atom. The Balaban J connectivity index is 2.08. The van der Waals surface area contributed by atoms with Gasteiger partial charge in [-0.05, 0) is 17.7 Å². The fraction of sp³-hybridized carbons (Fsp3) is 0.273. The maximum absolute atomic E-state index is 5.83. The SMILES string of the molecule is CC(Cn1cncn1)c1ccc(Cl)cc1. The summed E-state index contributed by atoms with van der Waals surface area (Å²) in [4.78, 5) is 3.91. The number of hydrogen-bond donors (Lipinski definition) is 0. The maximum Gasteiger partial charge on any atom is 0.137 e. The first-order valence-corrected chi connectivity index (χ1v) is 5.21. The highest BCUT2D eigenvalue weighted by Gasteiger charge is 2.06. The Bertz CT molecular complexity index is 408. The van der Waals surface area contributed by atoms with Crippen LogP contribution in [0.25, 0.3) is 0 Å². The largest absolute Gasteiger partial charge is 0.252 e. The van der Waals surface area contributed by atoms with E-state index in [-0.39, 0.29) is 0 Å². The van der Waals surface area contributed by atoms with Crippen molar-refractivity contribution < 1.29 is 0 Å². The summed E-state index contributed by atoms with van der Waals surface area (Å²) in [5, 5.41) is 4.85. The van der Waals surface area contributed by atoms with E-state index >= 15 is 0 Å². The maximum atomic E-state index is 5.83. The highest BCUT2D eigenvalue weighted by atomic mass is 35.5. The second-order valence-corrected chi connectivity index (χ2v) is 4.01. The van der Waals surface area contributed by atoms with Gasteiger partial charge in [0.15, 0.2) is 0 Å². The summed E-state index contributed by atoms with van der Waals surface area (Å²) in [6, 6.07) is 7.91. The molecule has 1 heterocycles. The topological polar surface area (TPSA) is 30.7 Å². The van der Waals surface area contributed by atoms with Gasteiger partial charge in [0.05, 0.1) is 0 Å². The van der Waals surface area contributed by atoms with Crippen LogP contribution in [0.15, 0.2) is 36.9 Å². The molecule has 4 heteroatoms. The molecule has 0 aliphatic rings. The molecular formula is C11H12ClN3. The quantitative estimate of drug-likeness (QED) is 0.798. The second kappa shape index (κ2) is 4.45. The van der Waals surface area contributed by atoms with Crippen LogP contribution < -0.4 is 0 Å². The van der Waals surface area contributed by atoms with Gasteiger partial charge in [-0.25, -0.2) is 4.98 Å².